The molecule has 1 fully saturated rings. The maximum atomic E-state index is 6.37. The molecular weight excluding hydrogens is 262 g/mol. The number of nitrogens with one attached hydrogen (secondary N) is 1. The van der Waals surface area contributed by atoms with E-state index in [-0.39, 0.29) is 11.6 Å². The molecule has 1 heterocycles. The average Bonchev–Trinajstić information content (AvgIpc) is 2.49. The summed E-state index contributed by atoms with van der Waals surface area (Å²) < 4.78 is 12.4. The molecule has 3 atom stereocenters. The molecule has 21 heavy (non-hydrogen) atoms. The lowest BCUT2D eigenvalue weighted by Gasteiger charge is -2.46. The Hall–Kier alpha value is -0.540. The number of rotatable bonds is 7. The van der Waals surface area contributed by atoms with Gasteiger partial charge in [-0.25, -0.2) is 0 Å². The SMILES string of the molecule is CCCNC(C1=CCCCO1)C1(OCC)CCCC(C)C1. The summed E-state index contributed by atoms with van der Waals surface area (Å²) in [5.41, 5.74) is -0.0786. The van der Waals surface area contributed by atoms with Crippen LogP contribution in [0.15, 0.2) is 11.8 Å². The summed E-state index contributed by atoms with van der Waals surface area (Å²) in [5.74, 6) is 1.87. The summed E-state index contributed by atoms with van der Waals surface area (Å²) in [7, 11) is 0. The summed E-state index contributed by atoms with van der Waals surface area (Å²) in [6, 6.07) is 0.223. The molecule has 0 aromatic carbocycles. The Balaban J connectivity index is 2.22. The van der Waals surface area contributed by atoms with Crippen molar-refractivity contribution in [2.75, 3.05) is 19.8 Å². The molecule has 0 aromatic rings. The molecule has 3 nitrogen and oxygen atoms in total. The zero-order valence-corrected chi connectivity index (χ0v) is 14.1. The molecule has 0 bridgehead atoms. The van der Waals surface area contributed by atoms with Crippen molar-refractivity contribution in [3.8, 4) is 0 Å². The van der Waals surface area contributed by atoms with Gasteiger partial charge < -0.3 is 14.8 Å². The molecule has 1 aliphatic heterocycles. The van der Waals surface area contributed by atoms with Crippen LogP contribution >= 0.6 is 0 Å². The van der Waals surface area contributed by atoms with Gasteiger partial charge in [0, 0.05) is 6.61 Å². The van der Waals surface area contributed by atoms with Crippen LogP contribution in [0.25, 0.3) is 0 Å². The lowest BCUT2D eigenvalue weighted by Crippen LogP contribution is -2.56. The zero-order chi connectivity index (χ0) is 15.1. The number of hydrogen-bond acceptors (Lipinski definition) is 3. The van der Waals surface area contributed by atoms with Crippen molar-refractivity contribution in [2.24, 2.45) is 5.92 Å². The first-order valence-corrected chi connectivity index (χ1v) is 8.92. The first-order chi connectivity index (χ1) is 10.2. The van der Waals surface area contributed by atoms with Gasteiger partial charge in [0.2, 0.25) is 0 Å². The first-order valence-electron chi connectivity index (χ1n) is 8.92. The Morgan fingerprint density at radius 2 is 2.29 bits per heavy atom. The first kappa shape index (κ1) is 16.8. The van der Waals surface area contributed by atoms with Crippen molar-refractivity contribution in [1.29, 1.82) is 0 Å². The van der Waals surface area contributed by atoms with Crippen molar-refractivity contribution in [3.63, 3.8) is 0 Å². The molecule has 0 radical (unpaired) electrons. The zero-order valence-electron chi connectivity index (χ0n) is 14.1. The highest BCUT2D eigenvalue weighted by Crippen LogP contribution is 2.40. The molecule has 0 spiro atoms. The van der Waals surface area contributed by atoms with Crippen LogP contribution in [0, 0.1) is 5.92 Å². The summed E-state index contributed by atoms with van der Waals surface area (Å²) in [6.45, 7) is 9.36. The van der Waals surface area contributed by atoms with Gasteiger partial charge in [0.15, 0.2) is 0 Å². The smallest absolute Gasteiger partial charge is 0.112 e. The minimum Gasteiger partial charge on any atom is -0.496 e. The quantitative estimate of drug-likeness (QED) is 0.769. The topological polar surface area (TPSA) is 30.5 Å². The van der Waals surface area contributed by atoms with E-state index in [0.29, 0.717) is 0 Å². The molecule has 122 valence electrons. The Labute approximate surface area is 130 Å². The lowest BCUT2D eigenvalue weighted by atomic mass is 9.73. The molecule has 3 unspecified atom stereocenters. The van der Waals surface area contributed by atoms with E-state index in [0.717, 1.165) is 63.5 Å². The number of allylic oxidation sites excluding steroid dienone is 1. The molecule has 1 saturated carbocycles. The standard InChI is InChI=1S/C18H33NO2/c1-4-12-19-17(16-10-6-7-13-20-16)18(21-5-2)11-8-9-15(3)14-18/h10,15,17,19H,4-9,11-14H2,1-3H3. The van der Waals surface area contributed by atoms with Crippen LogP contribution in [0.4, 0.5) is 0 Å². The van der Waals surface area contributed by atoms with Crippen LogP contribution in [0.3, 0.4) is 0 Å². The highest BCUT2D eigenvalue weighted by molar-refractivity contribution is 5.15. The Kier molecular flexibility index (Phi) is 6.56. The maximum absolute atomic E-state index is 6.37. The average molecular weight is 295 g/mol. The van der Waals surface area contributed by atoms with Gasteiger partial charge in [0.05, 0.1) is 18.2 Å². The largest absolute Gasteiger partial charge is 0.496 e. The van der Waals surface area contributed by atoms with Crippen LogP contribution in [0.1, 0.15) is 65.7 Å². The lowest BCUT2D eigenvalue weighted by molar-refractivity contribution is -0.102. The van der Waals surface area contributed by atoms with E-state index in [9.17, 15) is 0 Å². The van der Waals surface area contributed by atoms with E-state index in [2.05, 4.69) is 32.2 Å². The van der Waals surface area contributed by atoms with Gasteiger partial charge in [-0.3, -0.25) is 0 Å². The normalized spacial score (nSPS) is 31.4. The van der Waals surface area contributed by atoms with Gasteiger partial charge in [0.25, 0.3) is 0 Å². The van der Waals surface area contributed by atoms with E-state index in [4.69, 9.17) is 9.47 Å². The summed E-state index contributed by atoms with van der Waals surface area (Å²) in [4.78, 5) is 0. The Morgan fingerprint density at radius 1 is 1.43 bits per heavy atom. The van der Waals surface area contributed by atoms with Gasteiger partial charge in [-0.15, -0.1) is 0 Å². The minimum absolute atomic E-state index is 0.0786. The molecule has 2 aliphatic rings. The molecule has 0 amide bonds. The molecule has 0 saturated heterocycles. The predicted octanol–water partition coefficient (Wildman–Crippen LogP) is 4.03. The molecule has 3 heteroatoms. The van der Waals surface area contributed by atoms with Crippen LogP contribution in [-0.2, 0) is 9.47 Å². The second-order valence-electron chi connectivity index (χ2n) is 6.68. The summed E-state index contributed by atoms with van der Waals surface area (Å²) in [6.07, 6.45) is 10.6. The van der Waals surface area contributed by atoms with E-state index < -0.39 is 0 Å². The predicted molar refractivity (Wildman–Crippen MR) is 87.3 cm³/mol. The molecule has 2 rings (SSSR count). The molecular formula is C18H33NO2. The van der Waals surface area contributed by atoms with E-state index >= 15 is 0 Å². The second-order valence-corrected chi connectivity index (χ2v) is 6.68. The van der Waals surface area contributed by atoms with Crippen LogP contribution in [0.5, 0.6) is 0 Å². The monoisotopic (exact) mass is 295 g/mol. The fourth-order valence-electron chi connectivity index (χ4n) is 3.92. The fraction of sp³-hybridized carbons (Fsp3) is 0.889. The van der Waals surface area contributed by atoms with Crippen molar-refractivity contribution in [3.05, 3.63) is 11.8 Å². The van der Waals surface area contributed by atoms with Crippen molar-refractivity contribution >= 4 is 0 Å². The highest BCUT2D eigenvalue weighted by Gasteiger charge is 2.45. The fourth-order valence-corrected chi connectivity index (χ4v) is 3.92. The van der Waals surface area contributed by atoms with Crippen LogP contribution < -0.4 is 5.32 Å². The van der Waals surface area contributed by atoms with Gasteiger partial charge in [0.1, 0.15) is 5.76 Å². The Morgan fingerprint density at radius 3 is 2.90 bits per heavy atom. The van der Waals surface area contributed by atoms with Crippen molar-refractivity contribution in [1.82, 2.24) is 5.32 Å². The molecule has 1 N–H and O–H groups in total. The van der Waals surface area contributed by atoms with Gasteiger partial charge >= 0.3 is 0 Å². The van der Waals surface area contributed by atoms with Crippen LogP contribution in [0.2, 0.25) is 0 Å². The summed E-state index contributed by atoms with van der Waals surface area (Å²) >= 11 is 0. The Bertz CT molecular complexity index is 338. The maximum Gasteiger partial charge on any atom is 0.112 e. The van der Waals surface area contributed by atoms with E-state index in [1.807, 2.05) is 0 Å². The second kappa shape index (κ2) is 8.19. The van der Waals surface area contributed by atoms with Gasteiger partial charge in [-0.05, 0) is 57.6 Å². The third kappa shape index (κ3) is 4.23. The number of hydrogen-bond donors (Lipinski definition) is 1. The van der Waals surface area contributed by atoms with E-state index in [1.54, 1.807) is 0 Å². The van der Waals surface area contributed by atoms with Gasteiger partial charge in [-0.2, -0.15) is 0 Å². The van der Waals surface area contributed by atoms with Crippen molar-refractivity contribution < 1.29 is 9.47 Å². The molecule has 0 aromatic heterocycles. The highest BCUT2D eigenvalue weighted by atomic mass is 16.5. The minimum atomic E-state index is -0.0786. The third-order valence-corrected chi connectivity index (χ3v) is 4.79. The number of ether oxygens (including phenoxy) is 2. The summed E-state index contributed by atoms with van der Waals surface area (Å²) in [5, 5.41) is 3.74. The van der Waals surface area contributed by atoms with Gasteiger partial charge in [-0.1, -0.05) is 26.7 Å². The van der Waals surface area contributed by atoms with Crippen molar-refractivity contribution in [2.45, 2.75) is 77.4 Å². The van der Waals surface area contributed by atoms with E-state index in [1.165, 1.54) is 12.8 Å². The molecule has 1 aliphatic carbocycles. The third-order valence-electron chi connectivity index (χ3n) is 4.79. The van der Waals surface area contributed by atoms with Crippen LogP contribution in [-0.4, -0.2) is 31.4 Å².